The van der Waals surface area contributed by atoms with Gasteiger partial charge in [-0.15, -0.1) is 0 Å². The van der Waals surface area contributed by atoms with Gasteiger partial charge in [-0.3, -0.25) is 10.1 Å². The zero-order valence-electron chi connectivity index (χ0n) is 12.7. The van der Waals surface area contributed by atoms with Crippen LogP contribution in [0, 0.1) is 10.1 Å². The Bertz CT molecular complexity index is 674. The standard InChI is InChI=1S/C15H18N4O3/c1-18(2)14-9-4-6-11(17-14)10-16-12-7-5-8-13(22-3)15(12)19(20)21/h4-9,16H,10H2,1-3H3. The zero-order chi connectivity index (χ0) is 16.1. The van der Waals surface area contributed by atoms with Crippen LogP contribution in [0.3, 0.4) is 0 Å². The first-order chi connectivity index (χ1) is 10.5. The summed E-state index contributed by atoms with van der Waals surface area (Å²) in [7, 11) is 5.23. The third-order valence-electron chi connectivity index (χ3n) is 3.11. The third kappa shape index (κ3) is 3.43. The Kier molecular flexibility index (Phi) is 4.77. The fourth-order valence-corrected chi connectivity index (χ4v) is 2.02. The number of nitro groups is 1. The highest BCUT2D eigenvalue weighted by Crippen LogP contribution is 2.34. The summed E-state index contributed by atoms with van der Waals surface area (Å²) in [4.78, 5) is 17.1. The van der Waals surface area contributed by atoms with Crippen molar-refractivity contribution in [2.75, 3.05) is 31.4 Å². The van der Waals surface area contributed by atoms with E-state index in [1.165, 1.54) is 7.11 Å². The minimum Gasteiger partial charge on any atom is -0.490 e. The second kappa shape index (κ2) is 6.75. The first-order valence-corrected chi connectivity index (χ1v) is 6.71. The number of aromatic nitrogens is 1. The van der Waals surface area contributed by atoms with Crippen molar-refractivity contribution in [1.29, 1.82) is 0 Å². The van der Waals surface area contributed by atoms with Crippen molar-refractivity contribution in [1.82, 2.24) is 4.98 Å². The number of rotatable bonds is 6. The molecular formula is C15H18N4O3. The van der Waals surface area contributed by atoms with E-state index in [9.17, 15) is 10.1 Å². The van der Waals surface area contributed by atoms with Gasteiger partial charge in [0.05, 0.1) is 24.3 Å². The molecule has 1 N–H and O–H groups in total. The SMILES string of the molecule is COc1cccc(NCc2cccc(N(C)C)n2)c1[N+](=O)[O-]. The summed E-state index contributed by atoms with van der Waals surface area (Å²) >= 11 is 0. The van der Waals surface area contributed by atoms with E-state index < -0.39 is 4.92 Å². The van der Waals surface area contributed by atoms with Crippen LogP contribution in [0.1, 0.15) is 5.69 Å². The lowest BCUT2D eigenvalue weighted by molar-refractivity contribution is -0.384. The minimum absolute atomic E-state index is 0.0752. The third-order valence-corrected chi connectivity index (χ3v) is 3.11. The Morgan fingerprint density at radius 3 is 2.64 bits per heavy atom. The second-order valence-electron chi connectivity index (χ2n) is 4.85. The van der Waals surface area contributed by atoms with Crippen LogP contribution < -0.4 is 15.0 Å². The second-order valence-corrected chi connectivity index (χ2v) is 4.85. The monoisotopic (exact) mass is 302 g/mol. The lowest BCUT2D eigenvalue weighted by atomic mass is 10.2. The first kappa shape index (κ1) is 15.6. The molecule has 0 aliphatic carbocycles. The molecule has 0 spiro atoms. The van der Waals surface area contributed by atoms with Crippen molar-refractivity contribution in [3.8, 4) is 5.75 Å². The lowest BCUT2D eigenvalue weighted by Gasteiger charge is -2.13. The number of nitrogens with zero attached hydrogens (tertiary/aromatic N) is 3. The molecule has 0 atom stereocenters. The summed E-state index contributed by atoms with van der Waals surface area (Å²) in [5.41, 5.74) is 1.12. The van der Waals surface area contributed by atoms with E-state index in [0.29, 0.717) is 12.2 Å². The van der Waals surface area contributed by atoms with E-state index in [0.717, 1.165) is 11.5 Å². The number of benzene rings is 1. The molecule has 22 heavy (non-hydrogen) atoms. The predicted octanol–water partition coefficient (Wildman–Crippen LogP) is 2.68. The quantitative estimate of drug-likeness (QED) is 0.652. The fraction of sp³-hybridized carbons (Fsp3) is 0.267. The Morgan fingerprint density at radius 1 is 1.27 bits per heavy atom. The molecule has 0 radical (unpaired) electrons. The lowest BCUT2D eigenvalue weighted by Crippen LogP contribution is -2.12. The summed E-state index contributed by atoms with van der Waals surface area (Å²) in [6.07, 6.45) is 0. The number of hydrogen-bond donors (Lipinski definition) is 1. The molecule has 1 aromatic carbocycles. The molecule has 0 aliphatic heterocycles. The van der Waals surface area contributed by atoms with Crippen LogP contribution in [0.2, 0.25) is 0 Å². The Morgan fingerprint density at radius 2 is 2.00 bits per heavy atom. The highest BCUT2D eigenvalue weighted by molar-refractivity contribution is 5.68. The molecule has 116 valence electrons. The summed E-state index contributed by atoms with van der Waals surface area (Å²) < 4.78 is 5.05. The average Bonchev–Trinajstić information content (AvgIpc) is 2.52. The highest BCUT2D eigenvalue weighted by Gasteiger charge is 2.20. The van der Waals surface area contributed by atoms with Crippen molar-refractivity contribution in [2.45, 2.75) is 6.54 Å². The maximum atomic E-state index is 11.2. The molecule has 0 unspecified atom stereocenters. The van der Waals surface area contributed by atoms with Gasteiger partial charge in [0, 0.05) is 14.1 Å². The Labute approximate surface area is 128 Å². The van der Waals surface area contributed by atoms with Gasteiger partial charge >= 0.3 is 5.69 Å². The molecule has 2 aromatic rings. The molecule has 0 saturated carbocycles. The number of nitro benzene ring substituents is 1. The van der Waals surface area contributed by atoms with Crippen LogP contribution in [-0.2, 0) is 6.54 Å². The van der Waals surface area contributed by atoms with Crippen molar-refractivity contribution in [3.63, 3.8) is 0 Å². The summed E-state index contributed by atoms with van der Waals surface area (Å²) in [6.45, 7) is 0.385. The highest BCUT2D eigenvalue weighted by atomic mass is 16.6. The van der Waals surface area contributed by atoms with Crippen LogP contribution in [0.4, 0.5) is 17.2 Å². The smallest absolute Gasteiger partial charge is 0.333 e. The molecular weight excluding hydrogens is 284 g/mol. The number of methoxy groups -OCH3 is 1. The normalized spacial score (nSPS) is 10.1. The summed E-state index contributed by atoms with van der Waals surface area (Å²) in [5, 5.41) is 14.3. The predicted molar refractivity (Wildman–Crippen MR) is 85.5 cm³/mol. The number of hydrogen-bond acceptors (Lipinski definition) is 6. The van der Waals surface area contributed by atoms with Crippen LogP contribution in [0.5, 0.6) is 5.75 Å². The number of para-hydroxylation sites is 1. The maximum absolute atomic E-state index is 11.2. The van der Waals surface area contributed by atoms with E-state index in [1.54, 1.807) is 18.2 Å². The van der Waals surface area contributed by atoms with Gasteiger partial charge in [0.25, 0.3) is 0 Å². The molecule has 1 heterocycles. The van der Waals surface area contributed by atoms with Gasteiger partial charge in [0.2, 0.25) is 0 Å². The molecule has 0 saturated heterocycles. The van der Waals surface area contributed by atoms with Crippen molar-refractivity contribution >= 4 is 17.2 Å². The van der Waals surface area contributed by atoms with E-state index in [4.69, 9.17) is 4.74 Å². The van der Waals surface area contributed by atoms with Gasteiger partial charge in [-0.05, 0) is 24.3 Å². The molecule has 7 nitrogen and oxygen atoms in total. The van der Waals surface area contributed by atoms with Crippen LogP contribution >= 0.6 is 0 Å². The number of pyridine rings is 1. The number of nitrogens with one attached hydrogen (secondary N) is 1. The van der Waals surface area contributed by atoms with E-state index in [1.807, 2.05) is 37.2 Å². The zero-order valence-corrected chi connectivity index (χ0v) is 12.7. The largest absolute Gasteiger partial charge is 0.490 e. The van der Waals surface area contributed by atoms with Crippen LogP contribution in [0.15, 0.2) is 36.4 Å². The van der Waals surface area contributed by atoms with Crippen molar-refractivity contribution in [3.05, 3.63) is 52.2 Å². The molecule has 7 heteroatoms. The van der Waals surface area contributed by atoms with Gasteiger partial charge in [0.1, 0.15) is 11.5 Å². The topological polar surface area (TPSA) is 80.5 Å². The summed E-state index contributed by atoms with van der Waals surface area (Å²) in [6, 6.07) is 10.6. The van der Waals surface area contributed by atoms with Crippen molar-refractivity contribution in [2.24, 2.45) is 0 Å². The Balaban J connectivity index is 2.22. The van der Waals surface area contributed by atoms with Gasteiger partial charge in [-0.25, -0.2) is 4.98 Å². The molecule has 1 aromatic heterocycles. The van der Waals surface area contributed by atoms with Gasteiger partial charge < -0.3 is 15.0 Å². The van der Waals surface area contributed by atoms with Gasteiger partial charge in [0.15, 0.2) is 5.75 Å². The summed E-state index contributed by atoms with van der Waals surface area (Å²) in [5.74, 6) is 1.06. The molecule has 2 rings (SSSR count). The molecule has 0 bridgehead atoms. The van der Waals surface area contributed by atoms with E-state index in [2.05, 4.69) is 10.3 Å². The van der Waals surface area contributed by atoms with E-state index in [-0.39, 0.29) is 11.4 Å². The number of ether oxygens (including phenoxy) is 1. The van der Waals surface area contributed by atoms with Gasteiger partial charge in [-0.1, -0.05) is 12.1 Å². The fourth-order valence-electron chi connectivity index (χ4n) is 2.02. The molecule has 0 amide bonds. The molecule has 0 fully saturated rings. The van der Waals surface area contributed by atoms with E-state index >= 15 is 0 Å². The van der Waals surface area contributed by atoms with Crippen LogP contribution in [-0.4, -0.2) is 31.1 Å². The molecule has 0 aliphatic rings. The van der Waals surface area contributed by atoms with Crippen molar-refractivity contribution < 1.29 is 9.66 Å². The average molecular weight is 302 g/mol. The van der Waals surface area contributed by atoms with Crippen LogP contribution in [0.25, 0.3) is 0 Å². The Hall–Kier alpha value is -2.83. The minimum atomic E-state index is -0.454. The van der Waals surface area contributed by atoms with Gasteiger partial charge in [-0.2, -0.15) is 0 Å². The number of anilines is 2. The first-order valence-electron chi connectivity index (χ1n) is 6.71. The maximum Gasteiger partial charge on any atom is 0.333 e.